The van der Waals surface area contributed by atoms with Gasteiger partial charge in [-0.3, -0.25) is 4.90 Å². The molecule has 3 nitrogen and oxygen atoms in total. The fraction of sp³-hybridized carbons (Fsp3) is 0.571. The lowest BCUT2D eigenvalue weighted by atomic mass is 10.0. The van der Waals surface area contributed by atoms with Crippen molar-refractivity contribution in [2.24, 2.45) is 11.8 Å². The van der Waals surface area contributed by atoms with Crippen LogP contribution in [-0.2, 0) is 6.54 Å². The number of aromatic hydroxyl groups is 1. The topological polar surface area (TPSA) is 32.7 Å². The highest BCUT2D eigenvalue weighted by atomic mass is 16.5. The van der Waals surface area contributed by atoms with Crippen LogP contribution in [0.25, 0.3) is 0 Å². The Morgan fingerprint density at radius 2 is 1.94 bits per heavy atom. The minimum absolute atomic E-state index is 0.227. The van der Waals surface area contributed by atoms with Gasteiger partial charge in [-0.1, -0.05) is 19.9 Å². The first-order valence-electron chi connectivity index (χ1n) is 6.18. The van der Waals surface area contributed by atoms with Crippen molar-refractivity contribution in [1.82, 2.24) is 4.90 Å². The van der Waals surface area contributed by atoms with Crippen LogP contribution in [0.2, 0.25) is 0 Å². The second-order valence-corrected chi connectivity index (χ2v) is 5.15. The van der Waals surface area contributed by atoms with Crippen LogP contribution in [0.4, 0.5) is 0 Å². The van der Waals surface area contributed by atoms with Gasteiger partial charge >= 0.3 is 0 Å². The highest BCUT2D eigenvalue weighted by molar-refractivity contribution is 5.41. The average Bonchev–Trinajstić information content (AvgIpc) is 2.58. The van der Waals surface area contributed by atoms with Crippen molar-refractivity contribution >= 4 is 0 Å². The number of rotatable bonds is 3. The molecule has 1 fully saturated rings. The second kappa shape index (κ2) is 4.96. The van der Waals surface area contributed by atoms with E-state index in [1.807, 2.05) is 12.1 Å². The zero-order chi connectivity index (χ0) is 12.4. The zero-order valence-corrected chi connectivity index (χ0v) is 10.8. The smallest absolute Gasteiger partial charge is 0.160 e. The van der Waals surface area contributed by atoms with Gasteiger partial charge in [0.15, 0.2) is 11.5 Å². The number of phenolic OH excluding ortho intramolecular Hbond substituents is 1. The summed E-state index contributed by atoms with van der Waals surface area (Å²) in [6.07, 6.45) is 0. The van der Waals surface area contributed by atoms with Crippen LogP contribution < -0.4 is 4.74 Å². The van der Waals surface area contributed by atoms with Crippen LogP contribution in [0.3, 0.4) is 0 Å². The molecule has 0 spiro atoms. The molecule has 94 valence electrons. The first-order valence-corrected chi connectivity index (χ1v) is 6.18. The summed E-state index contributed by atoms with van der Waals surface area (Å²) in [4.78, 5) is 2.44. The van der Waals surface area contributed by atoms with E-state index in [0.717, 1.165) is 37.0 Å². The normalized spacial score (nSPS) is 25.1. The summed E-state index contributed by atoms with van der Waals surface area (Å²) < 4.78 is 5.04. The predicted octanol–water partition coefficient (Wildman–Crippen LogP) is 2.49. The molecule has 1 saturated heterocycles. The van der Waals surface area contributed by atoms with Crippen molar-refractivity contribution in [3.63, 3.8) is 0 Å². The standard InChI is InChI=1S/C14H21NO2/c1-10-7-15(8-11(10)2)9-12-4-5-14(17-3)13(16)6-12/h4-6,10-11,16H,7-9H2,1-3H3. The van der Waals surface area contributed by atoms with E-state index in [9.17, 15) is 5.11 Å². The molecule has 0 bridgehead atoms. The van der Waals surface area contributed by atoms with Gasteiger partial charge in [0.05, 0.1) is 7.11 Å². The molecule has 1 aromatic carbocycles. The first-order chi connectivity index (χ1) is 8.10. The largest absolute Gasteiger partial charge is 0.504 e. The van der Waals surface area contributed by atoms with Crippen LogP contribution >= 0.6 is 0 Å². The number of methoxy groups -OCH3 is 1. The number of hydrogen-bond donors (Lipinski definition) is 1. The summed E-state index contributed by atoms with van der Waals surface area (Å²) in [5, 5.41) is 9.73. The fourth-order valence-electron chi connectivity index (χ4n) is 2.47. The minimum Gasteiger partial charge on any atom is -0.504 e. The third-order valence-corrected chi connectivity index (χ3v) is 3.71. The molecular weight excluding hydrogens is 214 g/mol. The number of hydrogen-bond acceptors (Lipinski definition) is 3. The SMILES string of the molecule is COc1ccc(CN2CC(C)C(C)C2)cc1O. The Hall–Kier alpha value is -1.22. The number of nitrogens with zero attached hydrogens (tertiary/aromatic N) is 1. The molecule has 1 aromatic rings. The molecular formula is C14H21NO2. The molecule has 0 radical (unpaired) electrons. The molecule has 1 aliphatic heterocycles. The van der Waals surface area contributed by atoms with Crippen LogP contribution in [0.1, 0.15) is 19.4 Å². The maximum absolute atomic E-state index is 9.73. The van der Waals surface area contributed by atoms with Gasteiger partial charge in [-0.25, -0.2) is 0 Å². The highest BCUT2D eigenvalue weighted by Gasteiger charge is 2.25. The van der Waals surface area contributed by atoms with Crippen molar-refractivity contribution in [2.45, 2.75) is 20.4 Å². The van der Waals surface area contributed by atoms with Gasteiger partial charge < -0.3 is 9.84 Å². The Bertz CT molecular complexity index is 382. The molecule has 0 aromatic heterocycles. The zero-order valence-electron chi connectivity index (χ0n) is 10.8. The van der Waals surface area contributed by atoms with Crippen LogP contribution in [0.5, 0.6) is 11.5 Å². The summed E-state index contributed by atoms with van der Waals surface area (Å²) in [5.41, 5.74) is 1.14. The number of likely N-dealkylation sites (tertiary alicyclic amines) is 1. The molecule has 2 unspecified atom stereocenters. The van der Waals surface area contributed by atoms with Crippen molar-refractivity contribution in [3.8, 4) is 11.5 Å². The van der Waals surface area contributed by atoms with Crippen molar-refractivity contribution < 1.29 is 9.84 Å². The van der Waals surface area contributed by atoms with E-state index in [1.54, 1.807) is 13.2 Å². The first kappa shape index (κ1) is 12.2. The quantitative estimate of drug-likeness (QED) is 0.873. The molecule has 17 heavy (non-hydrogen) atoms. The second-order valence-electron chi connectivity index (χ2n) is 5.15. The molecule has 2 atom stereocenters. The van der Waals surface area contributed by atoms with Gasteiger partial charge in [0.2, 0.25) is 0 Å². The lowest BCUT2D eigenvalue weighted by molar-refractivity contribution is 0.314. The Morgan fingerprint density at radius 1 is 1.29 bits per heavy atom. The summed E-state index contributed by atoms with van der Waals surface area (Å²) in [6, 6.07) is 5.65. The third-order valence-electron chi connectivity index (χ3n) is 3.71. The number of benzene rings is 1. The van der Waals surface area contributed by atoms with Crippen molar-refractivity contribution in [2.75, 3.05) is 20.2 Å². The monoisotopic (exact) mass is 235 g/mol. The van der Waals surface area contributed by atoms with Crippen LogP contribution in [-0.4, -0.2) is 30.2 Å². The van der Waals surface area contributed by atoms with Gasteiger partial charge in [0.1, 0.15) is 0 Å². The molecule has 0 amide bonds. The number of phenols is 1. The lowest BCUT2D eigenvalue weighted by Gasteiger charge is -2.16. The Kier molecular flexibility index (Phi) is 3.57. The Morgan fingerprint density at radius 3 is 2.47 bits per heavy atom. The van der Waals surface area contributed by atoms with E-state index in [4.69, 9.17) is 4.74 Å². The highest BCUT2D eigenvalue weighted by Crippen LogP contribution is 2.28. The maximum atomic E-state index is 9.73. The van der Waals surface area contributed by atoms with E-state index in [2.05, 4.69) is 18.7 Å². The van der Waals surface area contributed by atoms with E-state index in [-0.39, 0.29) is 5.75 Å². The van der Waals surface area contributed by atoms with Crippen molar-refractivity contribution in [3.05, 3.63) is 23.8 Å². The van der Waals surface area contributed by atoms with E-state index in [0.29, 0.717) is 5.75 Å². The molecule has 1 N–H and O–H groups in total. The predicted molar refractivity (Wildman–Crippen MR) is 68.3 cm³/mol. The van der Waals surface area contributed by atoms with E-state index in [1.165, 1.54) is 0 Å². The Labute approximate surface area is 103 Å². The molecule has 0 aliphatic carbocycles. The van der Waals surface area contributed by atoms with Crippen LogP contribution in [0, 0.1) is 11.8 Å². The van der Waals surface area contributed by atoms with Gasteiger partial charge in [0.25, 0.3) is 0 Å². The fourth-order valence-corrected chi connectivity index (χ4v) is 2.47. The van der Waals surface area contributed by atoms with Gasteiger partial charge in [-0.15, -0.1) is 0 Å². The van der Waals surface area contributed by atoms with Gasteiger partial charge in [-0.05, 0) is 29.5 Å². The average molecular weight is 235 g/mol. The third kappa shape index (κ3) is 2.72. The summed E-state index contributed by atoms with van der Waals surface area (Å²) >= 11 is 0. The number of ether oxygens (including phenoxy) is 1. The van der Waals surface area contributed by atoms with Gasteiger partial charge in [0, 0.05) is 19.6 Å². The summed E-state index contributed by atoms with van der Waals surface area (Å²) in [7, 11) is 1.57. The summed E-state index contributed by atoms with van der Waals surface area (Å²) in [5.74, 6) is 2.30. The maximum Gasteiger partial charge on any atom is 0.160 e. The molecule has 0 saturated carbocycles. The Balaban J connectivity index is 2.02. The molecule has 3 heteroatoms. The van der Waals surface area contributed by atoms with Crippen LogP contribution in [0.15, 0.2) is 18.2 Å². The van der Waals surface area contributed by atoms with Crippen molar-refractivity contribution in [1.29, 1.82) is 0 Å². The van der Waals surface area contributed by atoms with Gasteiger partial charge in [-0.2, -0.15) is 0 Å². The molecule has 1 heterocycles. The lowest BCUT2D eigenvalue weighted by Crippen LogP contribution is -2.19. The summed E-state index contributed by atoms with van der Waals surface area (Å²) in [6.45, 7) is 7.81. The molecule has 2 rings (SSSR count). The molecule has 1 aliphatic rings. The van der Waals surface area contributed by atoms with E-state index >= 15 is 0 Å². The minimum atomic E-state index is 0.227. The van der Waals surface area contributed by atoms with E-state index < -0.39 is 0 Å².